The molecule has 7 heteroatoms. The van der Waals surface area contributed by atoms with Crippen LogP contribution in [0.3, 0.4) is 0 Å². The summed E-state index contributed by atoms with van der Waals surface area (Å²) in [5.74, 6) is 0. The van der Waals surface area contributed by atoms with E-state index in [4.69, 9.17) is 0 Å². The van der Waals surface area contributed by atoms with E-state index in [1.807, 2.05) is 32.8 Å². The van der Waals surface area contributed by atoms with E-state index in [1.54, 1.807) is 19.3 Å². The van der Waals surface area contributed by atoms with Crippen LogP contribution in [-0.2, 0) is 10.0 Å². The molecule has 0 fully saturated rings. The van der Waals surface area contributed by atoms with Crippen molar-refractivity contribution in [1.29, 1.82) is 0 Å². The van der Waals surface area contributed by atoms with E-state index in [-0.39, 0.29) is 10.4 Å². The third-order valence-corrected chi connectivity index (χ3v) is 4.68. The molecule has 0 radical (unpaired) electrons. The van der Waals surface area contributed by atoms with Gasteiger partial charge in [-0.05, 0) is 34.0 Å². The van der Waals surface area contributed by atoms with Crippen molar-refractivity contribution in [2.45, 2.75) is 24.3 Å². The number of likely N-dealkylation sites (N-methyl/N-ethyl adjacent to an activating group) is 1. The number of sulfonamides is 1. The number of nitrogens with one attached hydrogen (secondary N) is 2. The third kappa shape index (κ3) is 3.89. The van der Waals surface area contributed by atoms with Gasteiger partial charge in [0.25, 0.3) is 0 Å². The summed E-state index contributed by atoms with van der Waals surface area (Å²) < 4.78 is 27.2. The molecule has 0 saturated carbocycles. The highest BCUT2D eigenvalue weighted by molar-refractivity contribution is 7.89. The molecule has 0 aliphatic heterocycles. The molecule has 0 amide bonds. The van der Waals surface area contributed by atoms with E-state index in [0.29, 0.717) is 12.2 Å². The maximum Gasteiger partial charge on any atom is 0.244 e. The molecule has 0 bridgehead atoms. The smallest absolute Gasteiger partial charge is 0.244 e. The maximum absolute atomic E-state index is 12.3. The highest BCUT2D eigenvalue weighted by atomic mass is 32.2. The van der Waals surface area contributed by atoms with Crippen LogP contribution >= 0.6 is 0 Å². The van der Waals surface area contributed by atoms with Crippen molar-refractivity contribution in [1.82, 2.24) is 14.6 Å². The normalized spacial score (nSPS) is 12.7. The van der Waals surface area contributed by atoms with Crippen molar-refractivity contribution in [3.05, 3.63) is 18.5 Å². The van der Waals surface area contributed by atoms with Crippen LogP contribution in [-0.4, -0.2) is 51.5 Å². The second-order valence-corrected chi connectivity index (χ2v) is 6.89. The molecular weight excluding hydrogens is 264 g/mol. The molecule has 2 N–H and O–H groups in total. The number of pyridine rings is 1. The number of aromatic nitrogens is 1. The Morgan fingerprint density at radius 3 is 2.53 bits per heavy atom. The maximum atomic E-state index is 12.3. The Bertz CT molecular complexity index is 526. The number of anilines is 1. The lowest BCUT2D eigenvalue weighted by atomic mass is 10.1. The first-order chi connectivity index (χ1) is 8.70. The Kier molecular flexibility index (Phi) is 4.89. The van der Waals surface area contributed by atoms with Crippen molar-refractivity contribution in [2.75, 3.05) is 33.0 Å². The summed E-state index contributed by atoms with van der Waals surface area (Å²) in [7, 11) is 1.94. The van der Waals surface area contributed by atoms with E-state index in [9.17, 15) is 8.42 Å². The van der Waals surface area contributed by atoms with Crippen molar-refractivity contribution < 1.29 is 8.42 Å². The van der Waals surface area contributed by atoms with E-state index >= 15 is 0 Å². The molecule has 1 aromatic heterocycles. The molecule has 108 valence electrons. The van der Waals surface area contributed by atoms with Crippen LogP contribution in [0.15, 0.2) is 23.4 Å². The van der Waals surface area contributed by atoms with E-state index < -0.39 is 10.0 Å². The molecule has 0 aromatic carbocycles. The van der Waals surface area contributed by atoms with E-state index in [1.165, 1.54) is 6.20 Å². The van der Waals surface area contributed by atoms with Crippen LogP contribution in [0.4, 0.5) is 5.69 Å². The zero-order chi connectivity index (χ0) is 14.7. The molecule has 1 rings (SSSR count). The summed E-state index contributed by atoms with van der Waals surface area (Å²) in [5.41, 5.74) is 0.264. The minimum absolute atomic E-state index is 0.159. The minimum Gasteiger partial charge on any atom is -0.387 e. The summed E-state index contributed by atoms with van der Waals surface area (Å²) in [6, 6.07) is 1.63. The fraction of sp³-hybridized carbons (Fsp3) is 0.583. The Morgan fingerprint density at radius 1 is 1.37 bits per heavy atom. The Hall–Kier alpha value is -1.18. The number of rotatable bonds is 6. The summed E-state index contributed by atoms with van der Waals surface area (Å²) >= 11 is 0. The topological polar surface area (TPSA) is 74.3 Å². The van der Waals surface area contributed by atoms with Crippen LogP contribution in [0.1, 0.15) is 13.8 Å². The first kappa shape index (κ1) is 15.9. The van der Waals surface area contributed by atoms with Gasteiger partial charge in [0, 0.05) is 31.5 Å². The molecule has 1 aromatic rings. The Labute approximate surface area is 115 Å². The minimum atomic E-state index is -3.57. The zero-order valence-corrected chi connectivity index (χ0v) is 12.9. The van der Waals surface area contributed by atoms with Crippen LogP contribution in [0, 0.1) is 0 Å². The molecule has 0 atom stereocenters. The average molecular weight is 286 g/mol. The van der Waals surface area contributed by atoms with Gasteiger partial charge in [-0.1, -0.05) is 0 Å². The standard InChI is InChI=1S/C12H22N4O2S/c1-12(2,16(4)5)9-15-19(17,18)11-8-14-7-6-10(11)13-3/h6-8,15H,9H2,1-5H3,(H,13,14). The van der Waals surface area contributed by atoms with Crippen molar-refractivity contribution in [2.24, 2.45) is 0 Å². The van der Waals surface area contributed by atoms with Gasteiger partial charge in [-0.15, -0.1) is 0 Å². The summed E-state index contributed by atoms with van der Waals surface area (Å²) in [6.07, 6.45) is 2.89. The molecule has 0 aliphatic rings. The SMILES string of the molecule is CNc1ccncc1S(=O)(=O)NCC(C)(C)N(C)C. The number of hydrogen-bond donors (Lipinski definition) is 2. The molecule has 1 heterocycles. The Morgan fingerprint density at radius 2 is 2.00 bits per heavy atom. The molecule has 0 spiro atoms. The summed E-state index contributed by atoms with van der Waals surface area (Å²) in [5, 5.41) is 2.85. The summed E-state index contributed by atoms with van der Waals surface area (Å²) in [4.78, 5) is 6.00. The van der Waals surface area contributed by atoms with Crippen LogP contribution in [0.5, 0.6) is 0 Å². The molecule has 19 heavy (non-hydrogen) atoms. The monoisotopic (exact) mass is 286 g/mol. The molecule has 0 aliphatic carbocycles. The number of nitrogens with zero attached hydrogens (tertiary/aromatic N) is 2. The second kappa shape index (κ2) is 5.85. The summed E-state index contributed by atoms with van der Waals surface area (Å²) in [6.45, 7) is 4.26. The average Bonchev–Trinajstić information content (AvgIpc) is 2.36. The van der Waals surface area contributed by atoms with Gasteiger partial charge in [-0.3, -0.25) is 4.98 Å². The van der Waals surface area contributed by atoms with E-state index in [0.717, 1.165) is 0 Å². The molecule has 6 nitrogen and oxygen atoms in total. The fourth-order valence-electron chi connectivity index (χ4n) is 1.31. The predicted molar refractivity (Wildman–Crippen MR) is 76.7 cm³/mol. The van der Waals surface area contributed by atoms with Gasteiger partial charge in [0.05, 0.1) is 5.69 Å². The van der Waals surface area contributed by atoms with Gasteiger partial charge >= 0.3 is 0 Å². The largest absolute Gasteiger partial charge is 0.387 e. The Balaban J connectivity index is 2.94. The van der Waals surface area contributed by atoms with Gasteiger partial charge in [0.15, 0.2) is 0 Å². The second-order valence-electron chi connectivity index (χ2n) is 5.15. The predicted octanol–water partition coefficient (Wildman–Crippen LogP) is 0.742. The highest BCUT2D eigenvalue weighted by Gasteiger charge is 2.25. The molecule has 0 unspecified atom stereocenters. The van der Waals surface area contributed by atoms with Crippen LogP contribution < -0.4 is 10.0 Å². The van der Waals surface area contributed by atoms with Crippen LogP contribution in [0.25, 0.3) is 0 Å². The molecule has 0 saturated heterocycles. The first-order valence-electron chi connectivity index (χ1n) is 5.99. The third-order valence-electron chi connectivity index (χ3n) is 3.25. The van der Waals surface area contributed by atoms with Crippen molar-refractivity contribution >= 4 is 15.7 Å². The van der Waals surface area contributed by atoms with Gasteiger partial charge in [0.1, 0.15) is 4.90 Å². The van der Waals surface area contributed by atoms with Crippen molar-refractivity contribution in [3.8, 4) is 0 Å². The lowest BCUT2D eigenvalue weighted by Gasteiger charge is -2.32. The lowest BCUT2D eigenvalue weighted by Crippen LogP contribution is -2.48. The quantitative estimate of drug-likeness (QED) is 0.807. The first-order valence-corrected chi connectivity index (χ1v) is 7.48. The lowest BCUT2D eigenvalue weighted by molar-refractivity contribution is 0.199. The van der Waals surface area contributed by atoms with E-state index in [2.05, 4.69) is 15.0 Å². The fourth-order valence-corrected chi connectivity index (χ4v) is 2.67. The zero-order valence-electron chi connectivity index (χ0n) is 12.1. The molecular formula is C12H22N4O2S. The van der Waals surface area contributed by atoms with Gasteiger partial charge < -0.3 is 10.2 Å². The number of hydrogen-bond acceptors (Lipinski definition) is 5. The van der Waals surface area contributed by atoms with Gasteiger partial charge in [0.2, 0.25) is 10.0 Å². The van der Waals surface area contributed by atoms with Gasteiger partial charge in [-0.25, -0.2) is 13.1 Å². The van der Waals surface area contributed by atoms with Gasteiger partial charge in [-0.2, -0.15) is 0 Å². The van der Waals surface area contributed by atoms with Crippen molar-refractivity contribution in [3.63, 3.8) is 0 Å². The van der Waals surface area contributed by atoms with Crippen LogP contribution in [0.2, 0.25) is 0 Å². The highest BCUT2D eigenvalue weighted by Crippen LogP contribution is 2.19.